The normalized spacial score (nSPS) is 15.6. The fraction of sp³-hybridized carbons (Fsp3) is 0.529. The second-order valence-electron chi connectivity index (χ2n) is 6.79. The van der Waals surface area contributed by atoms with E-state index in [9.17, 15) is 9.59 Å². The number of nitrogens with zero attached hydrogens (tertiary/aromatic N) is 4. The monoisotopic (exact) mass is 332 g/mol. The zero-order chi connectivity index (χ0) is 17.7. The molecule has 0 aliphatic carbocycles. The Morgan fingerprint density at radius 2 is 1.92 bits per heavy atom. The molecular weight excluding hydrogens is 308 g/mol. The molecule has 1 aromatic rings. The summed E-state index contributed by atoms with van der Waals surface area (Å²) in [5.74, 6) is 0. The van der Waals surface area contributed by atoms with Crippen LogP contribution in [0.3, 0.4) is 0 Å². The summed E-state index contributed by atoms with van der Waals surface area (Å²) in [6.07, 6.45) is 0.711. The van der Waals surface area contributed by atoms with Crippen LogP contribution in [0.15, 0.2) is 29.4 Å². The summed E-state index contributed by atoms with van der Waals surface area (Å²) in [5, 5.41) is 4.45. The van der Waals surface area contributed by atoms with Crippen molar-refractivity contribution in [3.8, 4) is 0 Å². The lowest BCUT2D eigenvalue weighted by Crippen LogP contribution is -2.44. The minimum Gasteiger partial charge on any atom is -0.442 e. The molecule has 0 unspecified atom stereocenters. The molecule has 1 aliphatic heterocycles. The quantitative estimate of drug-likeness (QED) is 0.483. The summed E-state index contributed by atoms with van der Waals surface area (Å²) in [6.45, 7) is 9.04. The van der Waals surface area contributed by atoms with Gasteiger partial charge in [-0.15, -0.1) is 0 Å². The first-order valence-electron chi connectivity index (χ1n) is 7.94. The summed E-state index contributed by atoms with van der Waals surface area (Å²) >= 11 is 0. The summed E-state index contributed by atoms with van der Waals surface area (Å²) in [7, 11) is 2.09. The van der Waals surface area contributed by atoms with Gasteiger partial charge in [0.25, 0.3) is 6.08 Å². The third-order valence-electron chi connectivity index (χ3n) is 3.65. The van der Waals surface area contributed by atoms with E-state index in [1.165, 1.54) is 6.08 Å². The molecule has 24 heavy (non-hydrogen) atoms. The molecule has 0 aromatic heterocycles. The van der Waals surface area contributed by atoms with Crippen molar-refractivity contribution in [1.82, 2.24) is 4.90 Å². The molecule has 1 amide bonds. The summed E-state index contributed by atoms with van der Waals surface area (Å²) < 4.78 is 5.30. The Morgan fingerprint density at radius 3 is 2.50 bits per heavy atom. The van der Waals surface area contributed by atoms with Crippen molar-refractivity contribution in [3.05, 3.63) is 24.3 Å². The van der Waals surface area contributed by atoms with Gasteiger partial charge in [0.05, 0.1) is 5.69 Å². The van der Waals surface area contributed by atoms with Crippen LogP contribution in [0.2, 0.25) is 0 Å². The highest BCUT2D eigenvalue weighted by atomic mass is 16.6. The number of ether oxygens (including phenoxy) is 1. The molecule has 2 rings (SSSR count). The third-order valence-corrected chi connectivity index (χ3v) is 3.65. The average Bonchev–Trinajstić information content (AvgIpc) is 2.51. The smallest absolute Gasteiger partial charge is 0.436 e. The van der Waals surface area contributed by atoms with Gasteiger partial charge in [-0.2, -0.15) is 5.01 Å². The van der Waals surface area contributed by atoms with E-state index >= 15 is 0 Å². The first kappa shape index (κ1) is 18.0. The number of likely N-dealkylation sites (N-methyl/N-ethyl adjacent to an activating group) is 1. The minimum absolute atomic E-state index is 0.476. The second kappa shape index (κ2) is 7.47. The van der Waals surface area contributed by atoms with Gasteiger partial charge in [-0.05, 0) is 46.0 Å². The van der Waals surface area contributed by atoms with Gasteiger partial charge >= 0.3 is 6.09 Å². The van der Waals surface area contributed by atoms with Crippen LogP contribution in [-0.4, -0.2) is 55.9 Å². The average molecular weight is 332 g/mol. The van der Waals surface area contributed by atoms with Crippen molar-refractivity contribution in [2.24, 2.45) is 5.10 Å². The van der Waals surface area contributed by atoms with Gasteiger partial charge in [0, 0.05) is 31.9 Å². The van der Waals surface area contributed by atoms with Crippen molar-refractivity contribution < 1.29 is 14.3 Å². The van der Waals surface area contributed by atoms with Crippen LogP contribution < -0.4 is 9.91 Å². The number of hydrazone groups is 1. The van der Waals surface area contributed by atoms with Gasteiger partial charge in [-0.25, -0.2) is 9.59 Å². The molecule has 1 saturated heterocycles. The van der Waals surface area contributed by atoms with Crippen molar-refractivity contribution in [2.45, 2.75) is 26.4 Å². The van der Waals surface area contributed by atoms with Gasteiger partial charge in [-0.1, -0.05) is 11.2 Å². The molecule has 0 bridgehead atoms. The maximum absolute atomic E-state index is 12.3. The Balaban J connectivity index is 2.23. The number of rotatable bonds is 3. The molecule has 1 aliphatic rings. The molecule has 1 fully saturated rings. The standard InChI is InChI=1S/C17H24N4O3/c1-17(2,3)24-16(23)21(18-13-22)15-7-5-6-14(12-15)20-10-8-19(4)9-11-20/h5-7,12H,8-11H2,1-4H3. The maximum atomic E-state index is 12.3. The number of piperazine rings is 1. The number of hydrogen-bond donors (Lipinski definition) is 0. The fourth-order valence-electron chi connectivity index (χ4n) is 2.44. The van der Waals surface area contributed by atoms with Crippen LogP contribution in [0, 0.1) is 0 Å². The van der Waals surface area contributed by atoms with Gasteiger partial charge in [-0.3, -0.25) is 0 Å². The number of carbonyl (C=O) groups is 1. The van der Waals surface area contributed by atoms with Crippen molar-refractivity contribution >= 4 is 23.5 Å². The van der Waals surface area contributed by atoms with Crippen LogP contribution in [0.25, 0.3) is 0 Å². The Labute approximate surface area is 142 Å². The molecule has 1 heterocycles. The van der Waals surface area contributed by atoms with E-state index in [-0.39, 0.29) is 0 Å². The SMILES string of the molecule is CN1CCN(c2cccc(N(N=C=O)C(=O)OC(C)(C)C)c2)CC1. The van der Waals surface area contributed by atoms with Crippen molar-refractivity contribution in [3.63, 3.8) is 0 Å². The zero-order valence-electron chi connectivity index (χ0n) is 14.7. The molecule has 130 valence electrons. The zero-order valence-corrected chi connectivity index (χ0v) is 14.7. The predicted molar refractivity (Wildman–Crippen MR) is 93.0 cm³/mol. The highest BCUT2D eigenvalue weighted by Gasteiger charge is 2.24. The molecule has 0 atom stereocenters. The maximum Gasteiger partial charge on any atom is 0.436 e. The van der Waals surface area contributed by atoms with Gasteiger partial charge in [0.15, 0.2) is 0 Å². The van der Waals surface area contributed by atoms with Crippen LogP contribution in [-0.2, 0) is 9.53 Å². The van der Waals surface area contributed by atoms with Crippen LogP contribution >= 0.6 is 0 Å². The van der Waals surface area contributed by atoms with E-state index in [1.54, 1.807) is 26.8 Å². The molecule has 7 heteroatoms. The van der Waals surface area contributed by atoms with Gasteiger partial charge in [0.2, 0.25) is 0 Å². The molecule has 1 aromatic carbocycles. The van der Waals surface area contributed by atoms with Gasteiger partial charge < -0.3 is 14.5 Å². The fourth-order valence-corrected chi connectivity index (χ4v) is 2.44. The van der Waals surface area contributed by atoms with Gasteiger partial charge in [0.1, 0.15) is 5.60 Å². The lowest BCUT2D eigenvalue weighted by atomic mass is 10.2. The second-order valence-corrected chi connectivity index (χ2v) is 6.79. The van der Waals surface area contributed by atoms with E-state index < -0.39 is 11.7 Å². The van der Waals surface area contributed by atoms with E-state index in [4.69, 9.17) is 4.74 Å². The predicted octanol–water partition coefficient (Wildman–Crippen LogP) is 2.43. The van der Waals surface area contributed by atoms with Crippen LogP contribution in [0.1, 0.15) is 20.8 Å². The number of carbonyl (C=O) groups excluding carboxylic acids is 2. The third kappa shape index (κ3) is 4.81. The minimum atomic E-state index is -0.707. The molecule has 0 radical (unpaired) electrons. The largest absolute Gasteiger partial charge is 0.442 e. The Bertz CT molecular complexity index is 627. The first-order chi connectivity index (χ1) is 11.3. The Kier molecular flexibility index (Phi) is 5.59. The number of amides is 1. The van der Waals surface area contributed by atoms with E-state index in [0.717, 1.165) is 36.9 Å². The molecular formula is C17H24N4O3. The lowest BCUT2D eigenvalue weighted by Gasteiger charge is -2.34. The van der Waals surface area contributed by atoms with Crippen molar-refractivity contribution in [2.75, 3.05) is 43.1 Å². The van der Waals surface area contributed by atoms with Crippen molar-refractivity contribution in [1.29, 1.82) is 0 Å². The number of anilines is 2. The highest BCUT2D eigenvalue weighted by Crippen LogP contribution is 2.25. The van der Waals surface area contributed by atoms with E-state index in [1.807, 2.05) is 18.2 Å². The molecule has 0 spiro atoms. The first-order valence-corrected chi connectivity index (χ1v) is 7.94. The Morgan fingerprint density at radius 1 is 1.25 bits per heavy atom. The number of benzene rings is 1. The summed E-state index contributed by atoms with van der Waals surface area (Å²) in [4.78, 5) is 27.5. The van der Waals surface area contributed by atoms with E-state index in [0.29, 0.717) is 5.69 Å². The number of hydrogen-bond acceptors (Lipinski definition) is 6. The topological polar surface area (TPSA) is 65.5 Å². The molecule has 0 saturated carbocycles. The van der Waals surface area contributed by atoms with Crippen LogP contribution in [0.4, 0.5) is 16.2 Å². The molecule has 7 nitrogen and oxygen atoms in total. The van der Waals surface area contributed by atoms with Crippen LogP contribution in [0.5, 0.6) is 0 Å². The van der Waals surface area contributed by atoms with E-state index in [2.05, 4.69) is 21.9 Å². The Hall–Kier alpha value is -2.37. The lowest BCUT2D eigenvalue weighted by molar-refractivity contribution is 0.0581. The molecule has 0 N–H and O–H groups in total. The highest BCUT2D eigenvalue weighted by molar-refractivity contribution is 5.88. The number of isocyanates is 1. The summed E-state index contributed by atoms with van der Waals surface area (Å²) in [6, 6.07) is 7.35. The summed E-state index contributed by atoms with van der Waals surface area (Å²) in [5.41, 5.74) is 0.780.